The topological polar surface area (TPSA) is 48.1 Å². The zero-order valence-corrected chi connectivity index (χ0v) is 15.1. The zero-order chi connectivity index (χ0) is 19.0. The molecule has 0 aliphatic carbocycles. The second-order valence-corrected chi connectivity index (χ2v) is 6.90. The smallest absolute Gasteiger partial charge is 0.354 e. The summed E-state index contributed by atoms with van der Waals surface area (Å²) in [5.74, 6) is 0.269. The van der Waals surface area contributed by atoms with E-state index < -0.39 is 11.7 Å². The maximum absolute atomic E-state index is 13.0. The number of fused-ring (bicyclic) bond motifs is 1. The van der Waals surface area contributed by atoms with E-state index in [0.717, 1.165) is 48.4 Å². The molecule has 27 heavy (non-hydrogen) atoms. The van der Waals surface area contributed by atoms with Gasteiger partial charge in [-0.15, -0.1) is 0 Å². The highest BCUT2D eigenvalue weighted by molar-refractivity contribution is 6.29. The van der Waals surface area contributed by atoms with E-state index in [0.29, 0.717) is 13.1 Å². The lowest BCUT2D eigenvalue weighted by atomic mass is 10.2. The number of nitrogens with zero attached hydrogens (tertiary/aromatic N) is 4. The van der Waals surface area contributed by atoms with E-state index in [1.807, 2.05) is 23.2 Å². The average molecular weight is 396 g/mol. The number of halogens is 4. The van der Waals surface area contributed by atoms with E-state index in [2.05, 4.69) is 19.9 Å². The Bertz CT molecular complexity index is 948. The van der Waals surface area contributed by atoms with Crippen LogP contribution < -0.4 is 4.90 Å². The van der Waals surface area contributed by atoms with Crippen molar-refractivity contribution in [1.82, 2.24) is 19.9 Å². The number of hydrogen-bond acceptors (Lipinski definition) is 4. The molecule has 0 saturated carbocycles. The first kappa shape index (κ1) is 18.1. The number of rotatable bonds is 3. The summed E-state index contributed by atoms with van der Waals surface area (Å²) in [5.41, 5.74) is 1.24. The number of piperazine rings is 1. The normalized spacial score (nSPS) is 16.2. The lowest BCUT2D eigenvalue weighted by molar-refractivity contribution is -0.137. The summed E-state index contributed by atoms with van der Waals surface area (Å²) in [6.45, 7) is 3.39. The van der Waals surface area contributed by atoms with Crippen molar-refractivity contribution < 1.29 is 13.2 Å². The monoisotopic (exact) mass is 395 g/mol. The average Bonchev–Trinajstić information content (AvgIpc) is 3.04. The van der Waals surface area contributed by atoms with Crippen LogP contribution in [0.1, 0.15) is 11.1 Å². The molecule has 0 spiro atoms. The molecule has 9 heteroatoms. The Labute approximate surface area is 158 Å². The van der Waals surface area contributed by atoms with E-state index in [1.54, 1.807) is 6.20 Å². The molecule has 1 N–H and O–H groups in total. The van der Waals surface area contributed by atoms with Crippen LogP contribution in [0.5, 0.6) is 0 Å². The molecule has 4 rings (SSSR count). The van der Waals surface area contributed by atoms with Crippen LogP contribution >= 0.6 is 11.6 Å². The van der Waals surface area contributed by atoms with Crippen molar-refractivity contribution in [2.45, 2.75) is 12.7 Å². The molecule has 1 fully saturated rings. The third kappa shape index (κ3) is 3.86. The molecule has 0 radical (unpaired) electrons. The van der Waals surface area contributed by atoms with Gasteiger partial charge in [-0.2, -0.15) is 13.2 Å². The Balaban J connectivity index is 1.44. The molecule has 142 valence electrons. The van der Waals surface area contributed by atoms with Crippen LogP contribution in [0, 0.1) is 0 Å². The molecule has 1 saturated heterocycles. The highest BCUT2D eigenvalue weighted by Crippen LogP contribution is 2.33. The summed E-state index contributed by atoms with van der Waals surface area (Å²) in [4.78, 5) is 15.6. The van der Waals surface area contributed by atoms with Gasteiger partial charge in [-0.25, -0.2) is 9.97 Å². The SMILES string of the molecule is FC(F)(F)c1cc(Cl)nc(N2CCN(Cc3c[nH]c4ncccc34)CC2)c1. The van der Waals surface area contributed by atoms with Gasteiger partial charge in [-0.1, -0.05) is 11.6 Å². The van der Waals surface area contributed by atoms with E-state index in [-0.39, 0.29) is 11.0 Å². The third-order valence-corrected chi connectivity index (χ3v) is 4.93. The number of anilines is 1. The molecule has 0 bridgehead atoms. The van der Waals surface area contributed by atoms with E-state index in [9.17, 15) is 13.2 Å². The Morgan fingerprint density at radius 2 is 1.93 bits per heavy atom. The van der Waals surface area contributed by atoms with Gasteiger partial charge in [0.1, 0.15) is 16.6 Å². The van der Waals surface area contributed by atoms with Crippen molar-refractivity contribution in [3.8, 4) is 0 Å². The number of aromatic nitrogens is 3. The summed E-state index contributed by atoms with van der Waals surface area (Å²) in [5, 5.41) is 0.944. The molecule has 3 aromatic heterocycles. The van der Waals surface area contributed by atoms with Gasteiger partial charge in [0.15, 0.2) is 0 Å². The fraction of sp³-hybridized carbons (Fsp3) is 0.333. The summed E-state index contributed by atoms with van der Waals surface area (Å²) >= 11 is 5.80. The van der Waals surface area contributed by atoms with Crippen molar-refractivity contribution >= 4 is 28.5 Å². The molecule has 0 amide bonds. The van der Waals surface area contributed by atoms with Crippen LogP contribution in [0.25, 0.3) is 11.0 Å². The molecule has 0 atom stereocenters. The zero-order valence-electron chi connectivity index (χ0n) is 14.3. The van der Waals surface area contributed by atoms with Gasteiger partial charge in [0, 0.05) is 50.5 Å². The van der Waals surface area contributed by atoms with Crippen LogP contribution in [0.4, 0.5) is 19.0 Å². The van der Waals surface area contributed by atoms with Gasteiger partial charge in [0.2, 0.25) is 0 Å². The first-order valence-electron chi connectivity index (χ1n) is 8.53. The molecule has 5 nitrogen and oxygen atoms in total. The molecular formula is C18H17ClF3N5. The predicted octanol–water partition coefficient (Wildman–Crippen LogP) is 3.95. The Morgan fingerprint density at radius 3 is 2.67 bits per heavy atom. The minimum absolute atomic E-state index is 0.145. The van der Waals surface area contributed by atoms with Crippen molar-refractivity contribution in [3.63, 3.8) is 0 Å². The standard InChI is InChI=1S/C18H17ClF3N5/c19-15-8-13(18(20,21)22)9-16(25-15)27-6-4-26(5-7-27)11-12-10-24-17-14(12)2-1-3-23-17/h1-3,8-10H,4-7,11H2,(H,23,24). The fourth-order valence-corrected chi connectivity index (χ4v) is 3.53. The molecule has 3 aromatic rings. The Morgan fingerprint density at radius 1 is 1.15 bits per heavy atom. The highest BCUT2D eigenvalue weighted by atomic mass is 35.5. The summed E-state index contributed by atoms with van der Waals surface area (Å²) < 4.78 is 39.0. The molecule has 4 heterocycles. The molecule has 0 unspecified atom stereocenters. The van der Waals surface area contributed by atoms with Crippen LogP contribution in [0.2, 0.25) is 5.15 Å². The minimum atomic E-state index is -4.44. The van der Waals surface area contributed by atoms with Crippen molar-refractivity contribution in [2.24, 2.45) is 0 Å². The van der Waals surface area contributed by atoms with E-state index in [4.69, 9.17) is 11.6 Å². The van der Waals surface area contributed by atoms with Gasteiger partial charge >= 0.3 is 6.18 Å². The molecule has 1 aliphatic heterocycles. The van der Waals surface area contributed by atoms with Gasteiger partial charge < -0.3 is 9.88 Å². The lowest BCUT2D eigenvalue weighted by Crippen LogP contribution is -2.46. The second kappa shape index (κ2) is 7.01. The number of alkyl halides is 3. The number of nitrogens with one attached hydrogen (secondary N) is 1. The van der Waals surface area contributed by atoms with Gasteiger partial charge in [-0.05, 0) is 29.8 Å². The first-order chi connectivity index (χ1) is 12.9. The maximum atomic E-state index is 13.0. The highest BCUT2D eigenvalue weighted by Gasteiger charge is 2.32. The number of pyridine rings is 2. The number of hydrogen-bond donors (Lipinski definition) is 1. The summed E-state index contributed by atoms with van der Waals surface area (Å²) in [7, 11) is 0. The van der Waals surface area contributed by atoms with Crippen molar-refractivity contribution in [2.75, 3.05) is 31.1 Å². The van der Waals surface area contributed by atoms with Crippen molar-refractivity contribution in [3.05, 3.63) is 52.9 Å². The van der Waals surface area contributed by atoms with Gasteiger partial charge in [0.05, 0.1) is 5.56 Å². The Hall–Kier alpha value is -2.32. The van der Waals surface area contributed by atoms with Crippen LogP contribution in [0.15, 0.2) is 36.7 Å². The second-order valence-electron chi connectivity index (χ2n) is 6.51. The van der Waals surface area contributed by atoms with E-state index in [1.165, 1.54) is 0 Å². The minimum Gasteiger partial charge on any atom is -0.354 e. The number of H-pyrrole nitrogens is 1. The fourth-order valence-electron chi connectivity index (χ4n) is 3.33. The Kier molecular flexibility index (Phi) is 4.69. The maximum Gasteiger partial charge on any atom is 0.416 e. The van der Waals surface area contributed by atoms with Crippen LogP contribution in [-0.2, 0) is 12.7 Å². The first-order valence-corrected chi connectivity index (χ1v) is 8.91. The van der Waals surface area contributed by atoms with Crippen LogP contribution in [-0.4, -0.2) is 46.0 Å². The summed E-state index contributed by atoms with van der Waals surface area (Å²) in [6, 6.07) is 5.85. The lowest BCUT2D eigenvalue weighted by Gasteiger charge is -2.35. The predicted molar refractivity (Wildman–Crippen MR) is 97.8 cm³/mol. The van der Waals surface area contributed by atoms with E-state index >= 15 is 0 Å². The van der Waals surface area contributed by atoms with Crippen molar-refractivity contribution in [1.29, 1.82) is 0 Å². The molecular weight excluding hydrogens is 379 g/mol. The number of aromatic amines is 1. The van der Waals surface area contributed by atoms with Crippen LogP contribution in [0.3, 0.4) is 0 Å². The third-order valence-electron chi connectivity index (χ3n) is 4.73. The quantitative estimate of drug-likeness (QED) is 0.682. The molecule has 0 aromatic carbocycles. The molecule has 1 aliphatic rings. The summed E-state index contributed by atoms with van der Waals surface area (Å²) in [6.07, 6.45) is -0.737. The van der Waals surface area contributed by atoms with Gasteiger partial charge in [-0.3, -0.25) is 4.90 Å². The largest absolute Gasteiger partial charge is 0.416 e. The van der Waals surface area contributed by atoms with Gasteiger partial charge in [0.25, 0.3) is 0 Å².